The minimum atomic E-state index is -4.49. The van der Waals surface area contributed by atoms with Gasteiger partial charge < -0.3 is 19.5 Å². The smallest absolute Gasteiger partial charge is 0.534 e. The van der Waals surface area contributed by atoms with E-state index in [-0.39, 0.29) is 12.6 Å². The van der Waals surface area contributed by atoms with Crippen molar-refractivity contribution in [3.63, 3.8) is 0 Å². The Kier molecular flexibility index (Phi) is 5.60. The molecule has 0 spiro atoms. The Morgan fingerprint density at radius 2 is 2.04 bits per heavy atom. The number of hydrogen-bond acceptors (Lipinski definition) is 3. The van der Waals surface area contributed by atoms with Gasteiger partial charge in [-0.25, -0.2) is 4.79 Å². The predicted octanol–water partition coefficient (Wildman–Crippen LogP) is 2.90. The van der Waals surface area contributed by atoms with Crippen LogP contribution in [0.3, 0.4) is 0 Å². The summed E-state index contributed by atoms with van der Waals surface area (Å²) in [6, 6.07) is 2.96. The van der Waals surface area contributed by atoms with Crippen molar-refractivity contribution < 1.29 is 27.3 Å². The maximum absolute atomic E-state index is 13.1. The highest BCUT2D eigenvalue weighted by Crippen LogP contribution is 2.32. The Morgan fingerprint density at radius 1 is 1.38 bits per heavy atom. The van der Waals surface area contributed by atoms with Crippen molar-refractivity contribution in [2.75, 3.05) is 13.6 Å². The third kappa shape index (κ3) is 4.15. The molecule has 0 bridgehead atoms. The van der Waals surface area contributed by atoms with Crippen LogP contribution in [0.25, 0.3) is 0 Å². The normalized spacial score (nSPS) is 16.4. The van der Waals surface area contributed by atoms with E-state index in [1.54, 1.807) is 20.8 Å². The van der Waals surface area contributed by atoms with Crippen LogP contribution in [-0.2, 0) is 22.0 Å². The van der Waals surface area contributed by atoms with Crippen molar-refractivity contribution in [1.82, 2.24) is 10.2 Å². The first-order valence-electron chi connectivity index (χ1n) is 8.20. The summed E-state index contributed by atoms with van der Waals surface area (Å²) in [5.74, 6) is 0.395. The maximum atomic E-state index is 13.1. The summed E-state index contributed by atoms with van der Waals surface area (Å²) in [4.78, 5) is 13.3. The van der Waals surface area contributed by atoms with Crippen LogP contribution in [0.15, 0.2) is 30.5 Å². The molecule has 0 saturated carbocycles. The van der Waals surface area contributed by atoms with Gasteiger partial charge in [-0.3, -0.25) is 0 Å². The molecular weight excluding hydrogens is 348 g/mol. The molecule has 2 rings (SSSR count). The van der Waals surface area contributed by atoms with Gasteiger partial charge in [0.15, 0.2) is 0 Å². The zero-order valence-corrected chi connectivity index (χ0v) is 15.2. The molecule has 2 amide bonds. The average molecular weight is 370 g/mol. The summed E-state index contributed by atoms with van der Waals surface area (Å²) in [5.41, 5.74) is -0.802. The van der Waals surface area contributed by atoms with E-state index in [9.17, 15) is 18.0 Å². The molecule has 142 valence electrons. The molecule has 1 saturated heterocycles. The van der Waals surface area contributed by atoms with Gasteiger partial charge in [0, 0.05) is 25.6 Å². The summed E-state index contributed by atoms with van der Waals surface area (Å²) in [6.45, 7) is 9.39. The minimum Gasteiger partial charge on any atom is -0.534 e. The zero-order chi connectivity index (χ0) is 19.7. The average Bonchev–Trinajstić information content (AvgIpc) is 2.83. The van der Waals surface area contributed by atoms with Gasteiger partial charge in [0.25, 0.3) is 0 Å². The number of nitrogens with one attached hydrogen (secondary N) is 1. The standard InChI is InChI=1S/C17H22BF3N2O3/c1-6-23(15(24)22-5)10-12-9-13(17(19,20)21)7-8-14(12)18-25-11(2)16(3,4)26-18/h7-9H,2,6,10H2,1,3-5H3,(H,22,24). The molecule has 1 N–H and O–H groups in total. The second-order valence-electron chi connectivity index (χ2n) is 6.48. The first kappa shape index (κ1) is 20.2. The van der Waals surface area contributed by atoms with Crippen molar-refractivity contribution in [2.24, 2.45) is 0 Å². The fraction of sp³-hybridized carbons (Fsp3) is 0.471. The van der Waals surface area contributed by atoms with E-state index in [4.69, 9.17) is 9.31 Å². The van der Waals surface area contributed by atoms with E-state index in [0.29, 0.717) is 23.3 Å². The Hall–Kier alpha value is -2.16. The van der Waals surface area contributed by atoms with E-state index in [1.165, 1.54) is 18.0 Å². The van der Waals surface area contributed by atoms with Gasteiger partial charge in [0.2, 0.25) is 0 Å². The molecule has 0 aromatic heterocycles. The van der Waals surface area contributed by atoms with E-state index in [0.717, 1.165) is 12.1 Å². The third-order valence-corrected chi connectivity index (χ3v) is 4.29. The Balaban J connectivity index is 2.44. The van der Waals surface area contributed by atoms with Gasteiger partial charge in [0.1, 0.15) is 5.60 Å². The van der Waals surface area contributed by atoms with Gasteiger partial charge in [-0.05, 0) is 32.4 Å². The number of carbonyl (C=O) groups is 1. The van der Waals surface area contributed by atoms with Crippen molar-refractivity contribution in [1.29, 1.82) is 0 Å². The zero-order valence-electron chi connectivity index (χ0n) is 15.2. The third-order valence-electron chi connectivity index (χ3n) is 4.29. The van der Waals surface area contributed by atoms with Crippen molar-refractivity contribution >= 4 is 18.6 Å². The largest absolute Gasteiger partial charge is 0.563 e. The van der Waals surface area contributed by atoms with Crippen LogP contribution in [0, 0.1) is 0 Å². The number of urea groups is 1. The molecule has 1 aromatic rings. The lowest BCUT2D eigenvalue weighted by atomic mass is 9.75. The number of benzene rings is 1. The van der Waals surface area contributed by atoms with Crippen LogP contribution < -0.4 is 10.8 Å². The molecular formula is C17H22BF3N2O3. The topological polar surface area (TPSA) is 50.8 Å². The molecule has 0 aliphatic carbocycles. The maximum Gasteiger partial charge on any atom is 0.563 e. The van der Waals surface area contributed by atoms with Gasteiger partial charge in [0.05, 0.1) is 11.3 Å². The van der Waals surface area contributed by atoms with Crippen LogP contribution in [-0.4, -0.2) is 37.2 Å². The molecule has 1 aliphatic rings. The van der Waals surface area contributed by atoms with Gasteiger partial charge in [-0.15, -0.1) is 0 Å². The van der Waals surface area contributed by atoms with Crippen molar-refractivity contribution in [3.05, 3.63) is 41.7 Å². The number of carbonyl (C=O) groups excluding carboxylic acids is 1. The minimum absolute atomic E-state index is 0.00838. The first-order chi connectivity index (χ1) is 12.0. The van der Waals surface area contributed by atoms with E-state index in [2.05, 4.69) is 11.9 Å². The predicted molar refractivity (Wildman–Crippen MR) is 92.8 cm³/mol. The quantitative estimate of drug-likeness (QED) is 0.830. The molecule has 26 heavy (non-hydrogen) atoms. The summed E-state index contributed by atoms with van der Waals surface area (Å²) in [7, 11) is 0.589. The lowest BCUT2D eigenvalue weighted by Gasteiger charge is -2.23. The Morgan fingerprint density at radius 3 is 2.50 bits per heavy atom. The fourth-order valence-electron chi connectivity index (χ4n) is 2.60. The Labute approximate surface area is 151 Å². The lowest BCUT2D eigenvalue weighted by molar-refractivity contribution is -0.137. The van der Waals surface area contributed by atoms with Crippen molar-refractivity contribution in [3.8, 4) is 0 Å². The highest BCUT2D eigenvalue weighted by Gasteiger charge is 2.44. The Bertz CT molecular complexity index is 707. The molecule has 0 unspecified atom stereocenters. The molecule has 9 heteroatoms. The number of hydrogen-bond donors (Lipinski definition) is 1. The number of nitrogens with zero attached hydrogens (tertiary/aromatic N) is 1. The number of amides is 2. The molecule has 0 atom stereocenters. The van der Waals surface area contributed by atoms with Crippen LogP contribution in [0.1, 0.15) is 31.9 Å². The highest BCUT2D eigenvalue weighted by atomic mass is 19.4. The van der Waals surface area contributed by atoms with E-state index in [1.807, 2.05) is 0 Å². The number of rotatable bonds is 4. The van der Waals surface area contributed by atoms with Gasteiger partial charge in [-0.1, -0.05) is 18.7 Å². The SMILES string of the molecule is C=C1OB(c2ccc(C(F)(F)F)cc2CN(CC)C(=O)NC)OC1(C)C. The fourth-order valence-corrected chi connectivity index (χ4v) is 2.60. The van der Waals surface area contributed by atoms with Crippen LogP contribution in [0.2, 0.25) is 0 Å². The van der Waals surface area contributed by atoms with Crippen LogP contribution in [0.4, 0.5) is 18.0 Å². The summed E-state index contributed by atoms with van der Waals surface area (Å²) in [6.07, 6.45) is -4.49. The number of halogens is 3. The highest BCUT2D eigenvalue weighted by molar-refractivity contribution is 6.62. The summed E-state index contributed by atoms with van der Waals surface area (Å²) >= 11 is 0. The molecule has 1 fully saturated rings. The van der Waals surface area contributed by atoms with E-state index >= 15 is 0 Å². The molecule has 0 radical (unpaired) electrons. The second kappa shape index (κ2) is 7.22. The van der Waals surface area contributed by atoms with Gasteiger partial charge in [-0.2, -0.15) is 13.2 Å². The molecule has 1 aromatic carbocycles. The van der Waals surface area contributed by atoms with Crippen LogP contribution >= 0.6 is 0 Å². The number of alkyl halides is 3. The second-order valence-corrected chi connectivity index (χ2v) is 6.48. The summed E-state index contributed by atoms with van der Waals surface area (Å²) in [5, 5.41) is 2.48. The molecule has 1 aliphatic heterocycles. The summed E-state index contributed by atoms with van der Waals surface area (Å²) < 4.78 is 50.8. The molecule has 1 heterocycles. The lowest BCUT2D eigenvalue weighted by Crippen LogP contribution is -2.42. The monoisotopic (exact) mass is 370 g/mol. The first-order valence-corrected chi connectivity index (χ1v) is 8.20. The van der Waals surface area contributed by atoms with Crippen molar-refractivity contribution in [2.45, 2.75) is 39.1 Å². The van der Waals surface area contributed by atoms with Gasteiger partial charge >= 0.3 is 19.3 Å². The van der Waals surface area contributed by atoms with E-state index < -0.39 is 24.5 Å². The molecule has 5 nitrogen and oxygen atoms in total. The van der Waals surface area contributed by atoms with Crippen LogP contribution in [0.5, 0.6) is 0 Å².